The number of benzene rings is 1. The second-order valence-electron chi connectivity index (χ2n) is 4.50. The summed E-state index contributed by atoms with van der Waals surface area (Å²) in [6.07, 6.45) is 0. The van der Waals surface area contributed by atoms with E-state index in [1.54, 1.807) is 0 Å². The standard InChI is InChI=1S/C13H20N2S/c1-10-9-16-8-7-15(10)13-5-3-12(4-6-13)11(2)14/h3-6,10-11H,7-9,14H2,1-2H3/t10?,11-/m0/s1. The van der Waals surface area contributed by atoms with Gasteiger partial charge in [0.1, 0.15) is 0 Å². The van der Waals surface area contributed by atoms with Gasteiger partial charge in [-0.3, -0.25) is 0 Å². The SMILES string of the molecule is CC1CSCCN1c1ccc([C@H](C)N)cc1. The second-order valence-corrected chi connectivity index (χ2v) is 5.65. The Morgan fingerprint density at radius 3 is 2.62 bits per heavy atom. The van der Waals surface area contributed by atoms with Crippen molar-refractivity contribution in [3.63, 3.8) is 0 Å². The Morgan fingerprint density at radius 2 is 2.06 bits per heavy atom. The third kappa shape index (κ3) is 2.53. The van der Waals surface area contributed by atoms with Crippen molar-refractivity contribution in [1.29, 1.82) is 0 Å². The Morgan fingerprint density at radius 1 is 1.38 bits per heavy atom. The molecule has 0 aliphatic carbocycles. The van der Waals surface area contributed by atoms with Gasteiger partial charge in [-0.25, -0.2) is 0 Å². The highest BCUT2D eigenvalue weighted by atomic mass is 32.2. The summed E-state index contributed by atoms with van der Waals surface area (Å²) in [4.78, 5) is 2.49. The molecule has 1 aliphatic rings. The Balaban J connectivity index is 2.14. The Hall–Kier alpha value is -0.670. The van der Waals surface area contributed by atoms with E-state index in [-0.39, 0.29) is 6.04 Å². The fourth-order valence-corrected chi connectivity index (χ4v) is 3.09. The van der Waals surface area contributed by atoms with E-state index in [0.717, 1.165) is 6.54 Å². The average molecular weight is 236 g/mol. The van der Waals surface area contributed by atoms with Crippen LogP contribution in [0.3, 0.4) is 0 Å². The summed E-state index contributed by atoms with van der Waals surface area (Å²) in [5.74, 6) is 2.47. The third-order valence-corrected chi connectivity index (χ3v) is 4.31. The molecule has 88 valence electrons. The van der Waals surface area contributed by atoms with Gasteiger partial charge in [0.15, 0.2) is 0 Å². The molecule has 1 aliphatic heterocycles. The highest BCUT2D eigenvalue weighted by Gasteiger charge is 2.18. The van der Waals surface area contributed by atoms with Crippen LogP contribution in [0.4, 0.5) is 5.69 Å². The van der Waals surface area contributed by atoms with E-state index in [1.165, 1.54) is 22.8 Å². The van der Waals surface area contributed by atoms with Crippen molar-refractivity contribution < 1.29 is 0 Å². The predicted octanol–water partition coefficient (Wildman–Crippen LogP) is 2.65. The van der Waals surface area contributed by atoms with Gasteiger partial charge in [-0.05, 0) is 31.5 Å². The maximum Gasteiger partial charge on any atom is 0.0369 e. The summed E-state index contributed by atoms with van der Waals surface area (Å²) in [6.45, 7) is 5.48. The van der Waals surface area contributed by atoms with Crippen molar-refractivity contribution in [1.82, 2.24) is 0 Å². The first kappa shape index (κ1) is 11.8. The number of anilines is 1. The lowest BCUT2D eigenvalue weighted by Crippen LogP contribution is -2.40. The number of hydrogen-bond donors (Lipinski definition) is 1. The Labute approximate surface area is 102 Å². The minimum absolute atomic E-state index is 0.128. The van der Waals surface area contributed by atoms with Crippen molar-refractivity contribution in [2.24, 2.45) is 5.73 Å². The first-order chi connectivity index (χ1) is 7.68. The van der Waals surface area contributed by atoms with E-state index in [4.69, 9.17) is 5.73 Å². The van der Waals surface area contributed by atoms with Gasteiger partial charge in [0.25, 0.3) is 0 Å². The van der Waals surface area contributed by atoms with Crippen LogP contribution in [0.2, 0.25) is 0 Å². The van der Waals surface area contributed by atoms with Crippen molar-refractivity contribution in [2.75, 3.05) is 23.0 Å². The molecule has 0 aromatic heterocycles. The van der Waals surface area contributed by atoms with E-state index in [2.05, 4.69) is 36.1 Å². The molecule has 3 heteroatoms. The number of rotatable bonds is 2. The highest BCUT2D eigenvalue weighted by Crippen LogP contribution is 2.24. The fourth-order valence-electron chi connectivity index (χ4n) is 2.08. The molecule has 1 heterocycles. The van der Waals surface area contributed by atoms with Crippen LogP contribution in [0.25, 0.3) is 0 Å². The first-order valence-corrected chi connectivity index (χ1v) is 7.04. The van der Waals surface area contributed by atoms with Gasteiger partial charge in [0.05, 0.1) is 0 Å². The van der Waals surface area contributed by atoms with Gasteiger partial charge >= 0.3 is 0 Å². The molecule has 16 heavy (non-hydrogen) atoms. The molecule has 2 atom stereocenters. The summed E-state index contributed by atoms with van der Waals surface area (Å²) in [6, 6.07) is 9.46. The zero-order valence-corrected chi connectivity index (χ0v) is 10.8. The monoisotopic (exact) mass is 236 g/mol. The van der Waals surface area contributed by atoms with Crippen LogP contribution in [0.5, 0.6) is 0 Å². The molecular weight excluding hydrogens is 216 g/mol. The van der Waals surface area contributed by atoms with Crippen molar-refractivity contribution in [3.05, 3.63) is 29.8 Å². The molecule has 1 unspecified atom stereocenters. The molecule has 0 spiro atoms. The van der Waals surface area contributed by atoms with Gasteiger partial charge < -0.3 is 10.6 Å². The molecular formula is C13H20N2S. The van der Waals surface area contributed by atoms with Crippen LogP contribution in [0.15, 0.2) is 24.3 Å². The highest BCUT2D eigenvalue weighted by molar-refractivity contribution is 7.99. The zero-order valence-electron chi connectivity index (χ0n) is 10.0. The lowest BCUT2D eigenvalue weighted by atomic mass is 10.1. The molecule has 1 aromatic rings. The van der Waals surface area contributed by atoms with E-state index in [1.807, 2.05) is 18.7 Å². The van der Waals surface area contributed by atoms with Gasteiger partial charge in [0, 0.05) is 35.8 Å². The maximum atomic E-state index is 5.85. The molecule has 0 radical (unpaired) electrons. The van der Waals surface area contributed by atoms with Crippen LogP contribution in [-0.2, 0) is 0 Å². The molecule has 0 amide bonds. The van der Waals surface area contributed by atoms with Crippen molar-refractivity contribution in [3.8, 4) is 0 Å². The molecule has 0 bridgehead atoms. The topological polar surface area (TPSA) is 29.3 Å². The molecule has 0 saturated carbocycles. The largest absolute Gasteiger partial charge is 0.367 e. The summed E-state index contributed by atoms with van der Waals surface area (Å²) in [5, 5.41) is 0. The smallest absolute Gasteiger partial charge is 0.0369 e. The van der Waals surface area contributed by atoms with E-state index in [0.29, 0.717) is 6.04 Å². The predicted molar refractivity (Wildman–Crippen MR) is 73.2 cm³/mol. The Kier molecular flexibility index (Phi) is 3.77. The fraction of sp³-hybridized carbons (Fsp3) is 0.538. The van der Waals surface area contributed by atoms with E-state index < -0.39 is 0 Å². The molecule has 1 aromatic carbocycles. The first-order valence-electron chi connectivity index (χ1n) is 5.88. The number of nitrogens with two attached hydrogens (primary N) is 1. The van der Waals surface area contributed by atoms with Gasteiger partial charge in [0.2, 0.25) is 0 Å². The maximum absolute atomic E-state index is 5.85. The summed E-state index contributed by atoms with van der Waals surface area (Å²) in [5.41, 5.74) is 8.39. The van der Waals surface area contributed by atoms with Gasteiger partial charge in [-0.1, -0.05) is 12.1 Å². The van der Waals surface area contributed by atoms with Crippen LogP contribution in [0, 0.1) is 0 Å². The van der Waals surface area contributed by atoms with E-state index in [9.17, 15) is 0 Å². The lowest BCUT2D eigenvalue weighted by molar-refractivity contribution is 0.699. The quantitative estimate of drug-likeness (QED) is 0.856. The van der Waals surface area contributed by atoms with Gasteiger partial charge in [-0.2, -0.15) is 11.8 Å². The van der Waals surface area contributed by atoms with Crippen LogP contribution in [0.1, 0.15) is 25.5 Å². The van der Waals surface area contributed by atoms with Crippen molar-refractivity contribution in [2.45, 2.75) is 25.9 Å². The molecule has 2 N–H and O–H groups in total. The van der Waals surface area contributed by atoms with Crippen LogP contribution >= 0.6 is 11.8 Å². The summed E-state index contributed by atoms with van der Waals surface area (Å²) in [7, 11) is 0. The number of thioether (sulfide) groups is 1. The Bertz CT molecular complexity index is 334. The van der Waals surface area contributed by atoms with Crippen LogP contribution < -0.4 is 10.6 Å². The van der Waals surface area contributed by atoms with E-state index >= 15 is 0 Å². The number of nitrogens with zero attached hydrogens (tertiary/aromatic N) is 1. The number of hydrogen-bond acceptors (Lipinski definition) is 3. The van der Waals surface area contributed by atoms with Crippen LogP contribution in [-0.4, -0.2) is 24.1 Å². The molecule has 1 fully saturated rings. The average Bonchev–Trinajstić information content (AvgIpc) is 2.30. The third-order valence-electron chi connectivity index (χ3n) is 3.12. The molecule has 2 rings (SSSR count). The van der Waals surface area contributed by atoms with Crippen molar-refractivity contribution >= 4 is 17.4 Å². The molecule has 2 nitrogen and oxygen atoms in total. The minimum atomic E-state index is 0.128. The summed E-state index contributed by atoms with van der Waals surface area (Å²) >= 11 is 2.05. The zero-order chi connectivity index (χ0) is 11.5. The lowest BCUT2D eigenvalue weighted by Gasteiger charge is -2.35. The molecule has 1 saturated heterocycles. The van der Waals surface area contributed by atoms with Gasteiger partial charge in [-0.15, -0.1) is 0 Å². The minimum Gasteiger partial charge on any atom is -0.367 e. The summed E-state index contributed by atoms with van der Waals surface area (Å²) < 4.78 is 0. The second kappa shape index (κ2) is 5.11. The normalized spacial score (nSPS) is 23.2.